The largest absolute Gasteiger partial charge is 0.489 e. The predicted octanol–water partition coefficient (Wildman–Crippen LogP) is 5.26. The Hall–Kier alpha value is -4.14. The van der Waals surface area contributed by atoms with Gasteiger partial charge in [-0.15, -0.1) is 0 Å². The van der Waals surface area contributed by atoms with Gasteiger partial charge in [-0.2, -0.15) is 4.31 Å². The van der Waals surface area contributed by atoms with Crippen LogP contribution < -0.4 is 9.46 Å². The second-order valence-corrected chi connectivity index (χ2v) is 13.7. The molecule has 0 radical (unpaired) electrons. The number of nitrogens with zero attached hydrogens (tertiary/aromatic N) is 1. The molecule has 0 saturated heterocycles. The van der Waals surface area contributed by atoms with Crippen LogP contribution in [-0.4, -0.2) is 39.0 Å². The molecule has 0 bridgehead atoms. The van der Waals surface area contributed by atoms with Crippen molar-refractivity contribution in [2.75, 3.05) is 17.5 Å². The third kappa shape index (κ3) is 9.43. The number of hydrogen-bond acceptors (Lipinski definition) is 6. The summed E-state index contributed by atoms with van der Waals surface area (Å²) >= 11 is 0. The Morgan fingerprint density at radius 2 is 1.49 bits per heavy atom. The molecule has 0 fully saturated rings. The predicted molar refractivity (Wildman–Crippen MR) is 168 cm³/mol. The minimum absolute atomic E-state index is 0.0748. The van der Waals surface area contributed by atoms with Crippen LogP contribution in [0.1, 0.15) is 34.8 Å². The molecule has 0 aliphatic carbocycles. The van der Waals surface area contributed by atoms with Gasteiger partial charge in [0.2, 0.25) is 20.0 Å². The summed E-state index contributed by atoms with van der Waals surface area (Å²) in [5.74, 6) is 6.24. The maximum Gasteiger partial charge on any atom is 0.243 e. The zero-order chi connectivity index (χ0) is 30.9. The Labute approximate surface area is 254 Å². The molecule has 1 unspecified atom stereocenters. The number of rotatable bonds is 12. The van der Waals surface area contributed by atoms with Crippen molar-refractivity contribution in [1.29, 1.82) is 0 Å². The van der Waals surface area contributed by atoms with Crippen LogP contribution in [0.25, 0.3) is 0 Å². The second kappa shape index (κ2) is 14.4. The molecule has 224 valence electrons. The van der Waals surface area contributed by atoms with Gasteiger partial charge in [-0.25, -0.2) is 16.8 Å². The molecule has 10 heteroatoms. The molecule has 0 saturated carbocycles. The summed E-state index contributed by atoms with van der Waals surface area (Å²) in [7, 11) is -7.41. The van der Waals surface area contributed by atoms with E-state index in [2.05, 4.69) is 16.6 Å². The number of ether oxygens (including phenoxy) is 1. The molecule has 4 rings (SSSR count). The topological polar surface area (TPSA) is 113 Å². The number of aliphatic hydroxyl groups excluding tert-OH is 1. The van der Waals surface area contributed by atoms with E-state index in [-0.39, 0.29) is 30.1 Å². The SMILES string of the molecule is Cc1ccc(S(=O)(=O)N(CCC#CC(O)c2ccccc2NS(C)(=O)=O)Cc2ccc(OCc3ccccc3)cc2)cc1. The third-order valence-corrected chi connectivity index (χ3v) is 8.92. The molecule has 0 aliphatic heterocycles. The van der Waals surface area contributed by atoms with Gasteiger partial charge in [0.25, 0.3) is 0 Å². The first-order valence-electron chi connectivity index (χ1n) is 13.6. The van der Waals surface area contributed by atoms with Gasteiger partial charge < -0.3 is 9.84 Å². The first-order chi connectivity index (χ1) is 20.5. The number of nitrogens with one attached hydrogen (secondary N) is 1. The van der Waals surface area contributed by atoms with E-state index < -0.39 is 26.2 Å². The molecule has 0 aliphatic rings. The highest BCUT2D eigenvalue weighted by atomic mass is 32.2. The van der Waals surface area contributed by atoms with Crippen LogP contribution in [0.5, 0.6) is 5.75 Å². The highest BCUT2D eigenvalue weighted by molar-refractivity contribution is 7.92. The molecule has 0 aromatic heterocycles. The highest BCUT2D eigenvalue weighted by Crippen LogP contribution is 2.24. The van der Waals surface area contributed by atoms with Crippen LogP contribution in [0.4, 0.5) is 5.69 Å². The third-order valence-electron chi connectivity index (χ3n) is 6.47. The normalized spacial score (nSPS) is 12.3. The molecule has 2 N–H and O–H groups in total. The Kier molecular flexibility index (Phi) is 10.6. The quantitative estimate of drug-likeness (QED) is 0.210. The van der Waals surface area contributed by atoms with Crippen molar-refractivity contribution in [3.05, 3.63) is 125 Å². The number of sulfonamides is 2. The first-order valence-corrected chi connectivity index (χ1v) is 16.9. The van der Waals surface area contributed by atoms with Crippen molar-refractivity contribution < 1.29 is 26.7 Å². The van der Waals surface area contributed by atoms with Gasteiger partial charge in [-0.05, 0) is 48.4 Å². The van der Waals surface area contributed by atoms with Crippen LogP contribution >= 0.6 is 0 Å². The van der Waals surface area contributed by atoms with Gasteiger partial charge in [0.05, 0.1) is 16.8 Å². The van der Waals surface area contributed by atoms with E-state index in [0.717, 1.165) is 22.9 Å². The molecule has 0 heterocycles. The van der Waals surface area contributed by atoms with Gasteiger partial charge in [-0.3, -0.25) is 4.72 Å². The fourth-order valence-corrected chi connectivity index (χ4v) is 6.25. The molecular weight excluding hydrogens is 585 g/mol. The van der Waals surface area contributed by atoms with Gasteiger partial charge in [0.15, 0.2) is 0 Å². The Balaban J connectivity index is 1.49. The highest BCUT2D eigenvalue weighted by Gasteiger charge is 2.24. The summed E-state index contributed by atoms with van der Waals surface area (Å²) in [5, 5.41) is 10.7. The van der Waals surface area contributed by atoms with Gasteiger partial charge in [-0.1, -0.05) is 90.2 Å². The molecule has 4 aromatic carbocycles. The van der Waals surface area contributed by atoms with Crippen molar-refractivity contribution in [2.24, 2.45) is 0 Å². The zero-order valence-corrected chi connectivity index (χ0v) is 25.6. The van der Waals surface area contributed by atoms with Crippen LogP contribution in [0.3, 0.4) is 0 Å². The molecule has 0 amide bonds. The number of aliphatic hydroxyl groups is 1. The van der Waals surface area contributed by atoms with E-state index in [1.165, 1.54) is 10.4 Å². The summed E-state index contributed by atoms with van der Waals surface area (Å²) in [4.78, 5) is 0.176. The summed E-state index contributed by atoms with van der Waals surface area (Å²) in [6, 6.07) is 30.2. The molecule has 1 atom stereocenters. The van der Waals surface area contributed by atoms with E-state index in [1.54, 1.807) is 42.5 Å². The number of benzene rings is 4. The maximum atomic E-state index is 13.6. The van der Waals surface area contributed by atoms with Crippen molar-refractivity contribution in [3.8, 4) is 17.6 Å². The van der Waals surface area contributed by atoms with Gasteiger partial charge in [0, 0.05) is 25.1 Å². The Morgan fingerprint density at radius 3 is 2.16 bits per heavy atom. The van der Waals surface area contributed by atoms with E-state index >= 15 is 0 Å². The smallest absolute Gasteiger partial charge is 0.243 e. The number of anilines is 1. The van der Waals surface area contributed by atoms with Gasteiger partial charge >= 0.3 is 0 Å². The summed E-state index contributed by atoms with van der Waals surface area (Å²) in [6.07, 6.45) is -0.103. The van der Waals surface area contributed by atoms with E-state index in [4.69, 9.17) is 4.74 Å². The lowest BCUT2D eigenvalue weighted by Gasteiger charge is -2.22. The second-order valence-electron chi connectivity index (χ2n) is 10.0. The van der Waals surface area contributed by atoms with Crippen molar-refractivity contribution in [3.63, 3.8) is 0 Å². The summed E-state index contributed by atoms with van der Waals surface area (Å²) in [6.45, 7) is 2.50. The first kappa shape index (κ1) is 31.8. The van der Waals surface area contributed by atoms with E-state index in [1.807, 2.05) is 61.5 Å². The maximum absolute atomic E-state index is 13.6. The minimum Gasteiger partial charge on any atom is -0.489 e. The number of hydrogen-bond donors (Lipinski definition) is 2. The Bertz CT molecular complexity index is 1780. The molecule has 0 spiro atoms. The minimum atomic E-state index is -3.86. The van der Waals surface area contributed by atoms with Crippen molar-refractivity contribution in [1.82, 2.24) is 4.31 Å². The monoisotopic (exact) mass is 618 g/mol. The lowest BCUT2D eigenvalue weighted by Crippen LogP contribution is -2.31. The lowest BCUT2D eigenvalue weighted by atomic mass is 10.1. The fourth-order valence-electron chi connectivity index (χ4n) is 4.23. The molecule has 4 aromatic rings. The van der Waals surface area contributed by atoms with Crippen LogP contribution in [0.2, 0.25) is 0 Å². The lowest BCUT2D eigenvalue weighted by molar-refractivity contribution is 0.239. The van der Waals surface area contributed by atoms with Crippen LogP contribution in [-0.2, 0) is 33.2 Å². The molecule has 8 nitrogen and oxygen atoms in total. The van der Waals surface area contributed by atoms with E-state index in [0.29, 0.717) is 17.9 Å². The standard InChI is InChI=1S/C33H34N2O6S2/c1-26-15-21-30(22-16-26)43(39,40)35(24-27-17-19-29(20-18-27)41-25-28-10-4-3-5-11-28)23-9-8-14-33(36)31-12-6-7-13-32(31)34-42(2,37)38/h3-7,10-13,15-22,33-34,36H,9,23-25H2,1-2H3. The van der Waals surface area contributed by atoms with Crippen LogP contribution in [0, 0.1) is 18.8 Å². The summed E-state index contributed by atoms with van der Waals surface area (Å²) < 4.78 is 60.3. The molecule has 43 heavy (non-hydrogen) atoms. The number of para-hydroxylation sites is 1. The van der Waals surface area contributed by atoms with Crippen molar-refractivity contribution >= 4 is 25.7 Å². The zero-order valence-electron chi connectivity index (χ0n) is 24.0. The number of aryl methyl sites for hydroxylation is 1. The molecular formula is C33H34N2O6S2. The summed E-state index contributed by atoms with van der Waals surface area (Å²) in [5.41, 5.74) is 3.30. The average Bonchev–Trinajstić information content (AvgIpc) is 2.98. The average molecular weight is 619 g/mol. The fraction of sp³-hybridized carbons (Fsp3) is 0.212. The van der Waals surface area contributed by atoms with Crippen molar-refractivity contribution in [2.45, 2.75) is 37.5 Å². The van der Waals surface area contributed by atoms with Crippen LogP contribution in [0.15, 0.2) is 108 Å². The van der Waals surface area contributed by atoms with E-state index in [9.17, 15) is 21.9 Å². The van der Waals surface area contributed by atoms with Gasteiger partial charge in [0.1, 0.15) is 18.5 Å². The Morgan fingerprint density at radius 1 is 0.837 bits per heavy atom.